The molecule has 0 spiro atoms. The second-order valence-corrected chi connectivity index (χ2v) is 7.17. The van der Waals surface area contributed by atoms with Crippen LogP contribution in [0.2, 0.25) is 0 Å². The number of benzene rings is 3. The van der Waals surface area contributed by atoms with E-state index in [0.717, 1.165) is 5.56 Å². The van der Waals surface area contributed by atoms with Crippen LogP contribution in [0.1, 0.15) is 34.0 Å². The van der Waals surface area contributed by atoms with Crippen molar-refractivity contribution >= 4 is 11.9 Å². The summed E-state index contributed by atoms with van der Waals surface area (Å²) in [7, 11) is 0. The number of rotatable bonds is 2. The van der Waals surface area contributed by atoms with Gasteiger partial charge in [0.05, 0.1) is 6.61 Å². The fraction of sp³-hybridized carbons (Fsp3) is 0.200. The summed E-state index contributed by atoms with van der Waals surface area (Å²) in [6, 6.07) is 24.5. The minimum absolute atomic E-state index is 0.292. The third-order valence-corrected chi connectivity index (χ3v) is 5.09. The molecule has 4 rings (SSSR count). The molecule has 4 nitrogen and oxygen atoms in total. The average molecular weight is 384 g/mol. The molecule has 0 atom stereocenters. The Morgan fingerprint density at radius 3 is 2.00 bits per heavy atom. The molecule has 1 aliphatic heterocycles. The lowest BCUT2D eigenvalue weighted by Gasteiger charge is -2.24. The van der Waals surface area contributed by atoms with Crippen molar-refractivity contribution in [3.05, 3.63) is 95.1 Å². The van der Waals surface area contributed by atoms with Crippen LogP contribution < -0.4 is 0 Å². The highest BCUT2D eigenvalue weighted by atomic mass is 16.5. The number of carbonyl (C=O) groups excluding carboxylic acids is 1. The highest BCUT2D eigenvalue weighted by Gasteiger charge is 2.23. The van der Waals surface area contributed by atoms with E-state index in [1.54, 1.807) is 12.1 Å². The van der Waals surface area contributed by atoms with Gasteiger partial charge in [0.25, 0.3) is 11.9 Å². The Balaban J connectivity index is 1.73. The summed E-state index contributed by atoms with van der Waals surface area (Å²) in [6.07, 6.45) is 0. The molecule has 0 radical (unpaired) electrons. The van der Waals surface area contributed by atoms with Crippen LogP contribution in [-0.2, 0) is 17.8 Å². The first-order valence-corrected chi connectivity index (χ1v) is 9.89. The van der Waals surface area contributed by atoms with Crippen molar-refractivity contribution in [1.29, 1.82) is 0 Å². The number of hydrogen-bond acceptors (Lipinski definition) is 2. The maximum Gasteiger partial charge on any atom is 0.296 e. The van der Waals surface area contributed by atoms with Crippen molar-refractivity contribution in [2.75, 3.05) is 6.61 Å². The maximum atomic E-state index is 12.8. The van der Waals surface area contributed by atoms with E-state index in [2.05, 4.69) is 41.4 Å². The van der Waals surface area contributed by atoms with Crippen LogP contribution in [0.5, 0.6) is 0 Å². The van der Waals surface area contributed by atoms with Gasteiger partial charge in [-0.2, -0.15) is 4.99 Å². The van der Waals surface area contributed by atoms with Crippen LogP contribution >= 0.6 is 0 Å². The van der Waals surface area contributed by atoms with E-state index >= 15 is 0 Å². The van der Waals surface area contributed by atoms with E-state index in [1.165, 1.54) is 22.3 Å². The summed E-state index contributed by atoms with van der Waals surface area (Å²) in [6.45, 7) is 5.61. The molecular weight excluding hydrogens is 360 g/mol. The lowest BCUT2D eigenvalue weighted by Crippen LogP contribution is -2.32. The van der Waals surface area contributed by atoms with Gasteiger partial charge >= 0.3 is 0 Å². The number of aliphatic imine (C=N–C) groups is 1. The van der Waals surface area contributed by atoms with Crippen LogP contribution in [0.3, 0.4) is 0 Å². The van der Waals surface area contributed by atoms with E-state index in [0.29, 0.717) is 31.3 Å². The fourth-order valence-electron chi connectivity index (χ4n) is 3.62. The Hall–Kier alpha value is -3.40. The number of amidine groups is 1. The second kappa shape index (κ2) is 8.31. The van der Waals surface area contributed by atoms with Gasteiger partial charge in [-0.3, -0.25) is 4.79 Å². The first-order chi connectivity index (χ1) is 14.2. The lowest BCUT2D eigenvalue weighted by atomic mass is 9.97. The molecule has 0 unspecified atom stereocenters. The predicted molar refractivity (Wildman–Crippen MR) is 116 cm³/mol. The number of nitrogens with zero attached hydrogens (tertiary/aromatic N) is 2. The molecule has 0 N–H and O–H groups in total. The van der Waals surface area contributed by atoms with Crippen LogP contribution in [0, 0.1) is 6.92 Å². The van der Waals surface area contributed by atoms with Gasteiger partial charge in [0.2, 0.25) is 0 Å². The molecule has 0 fully saturated rings. The smallest absolute Gasteiger partial charge is 0.296 e. The number of fused-ring (bicyclic) bond motifs is 3. The Bertz CT molecular complexity index is 1010. The molecule has 4 heteroatoms. The number of hydrogen-bond donors (Lipinski definition) is 0. The lowest BCUT2D eigenvalue weighted by molar-refractivity contribution is 0.0993. The van der Waals surface area contributed by atoms with Gasteiger partial charge < -0.3 is 9.64 Å². The fourth-order valence-corrected chi connectivity index (χ4v) is 3.62. The standard InChI is InChI=1S/C25H24N2O2/c1-3-29-25(26-24(28)19-14-12-18(2)13-15-19)27-16-20-8-4-6-10-22(20)23-11-7-5-9-21(23)17-27/h4-15H,3,16-17H2,1-2H3. The summed E-state index contributed by atoms with van der Waals surface area (Å²) >= 11 is 0. The average Bonchev–Trinajstić information content (AvgIpc) is 2.91. The van der Waals surface area contributed by atoms with E-state index < -0.39 is 0 Å². The first-order valence-electron chi connectivity index (χ1n) is 9.89. The molecule has 3 aromatic carbocycles. The SMILES string of the molecule is CCOC(=NC(=O)c1ccc(C)cc1)N1Cc2ccccc2-c2ccccc2C1. The Labute approximate surface area is 171 Å². The number of aryl methyl sites for hydroxylation is 1. The van der Waals surface area contributed by atoms with Crippen molar-refractivity contribution < 1.29 is 9.53 Å². The van der Waals surface area contributed by atoms with Gasteiger partial charge in [0, 0.05) is 18.7 Å². The quantitative estimate of drug-likeness (QED) is 0.450. The highest BCUT2D eigenvalue weighted by Crippen LogP contribution is 2.32. The second-order valence-electron chi connectivity index (χ2n) is 7.17. The van der Waals surface area contributed by atoms with Gasteiger partial charge in [-0.1, -0.05) is 66.2 Å². The Morgan fingerprint density at radius 1 is 0.897 bits per heavy atom. The molecule has 146 valence electrons. The number of ether oxygens (including phenoxy) is 1. The first kappa shape index (κ1) is 18.9. The minimum Gasteiger partial charge on any atom is -0.465 e. The normalized spacial score (nSPS) is 13.3. The van der Waals surface area contributed by atoms with Crippen LogP contribution in [0.15, 0.2) is 77.8 Å². The molecule has 1 aliphatic rings. The van der Waals surface area contributed by atoms with Crippen LogP contribution in [0.25, 0.3) is 11.1 Å². The van der Waals surface area contributed by atoms with Crippen molar-refractivity contribution in [2.24, 2.45) is 4.99 Å². The molecule has 0 aliphatic carbocycles. The van der Waals surface area contributed by atoms with E-state index in [9.17, 15) is 4.79 Å². The molecule has 0 saturated carbocycles. The van der Waals surface area contributed by atoms with Crippen molar-refractivity contribution in [3.63, 3.8) is 0 Å². The highest BCUT2D eigenvalue weighted by molar-refractivity contribution is 6.01. The van der Waals surface area contributed by atoms with Gasteiger partial charge in [0.1, 0.15) is 0 Å². The van der Waals surface area contributed by atoms with Crippen molar-refractivity contribution in [1.82, 2.24) is 4.90 Å². The van der Waals surface area contributed by atoms with E-state index in [1.807, 2.05) is 43.0 Å². The summed E-state index contributed by atoms with van der Waals surface area (Å²) in [5, 5.41) is 0. The predicted octanol–water partition coefficient (Wildman–Crippen LogP) is 5.21. The van der Waals surface area contributed by atoms with Crippen LogP contribution in [-0.4, -0.2) is 23.4 Å². The third-order valence-electron chi connectivity index (χ3n) is 5.09. The third kappa shape index (κ3) is 4.06. The van der Waals surface area contributed by atoms with Gasteiger partial charge in [0.15, 0.2) is 0 Å². The number of carbonyl (C=O) groups is 1. The summed E-state index contributed by atoms with van der Waals surface area (Å²) in [4.78, 5) is 19.2. The Morgan fingerprint density at radius 2 is 1.45 bits per heavy atom. The molecule has 0 saturated heterocycles. The van der Waals surface area contributed by atoms with Crippen LogP contribution in [0.4, 0.5) is 0 Å². The molecule has 29 heavy (non-hydrogen) atoms. The van der Waals surface area contributed by atoms with Crippen molar-refractivity contribution in [3.8, 4) is 11.1 Å². The summed E-state index contributed by atoms with van der Waals surface area (Å²) in [5.74, 6) is -0.292. The summed E-state index contributed by atoms with van der Waals surface area (Å²) in [5.41, 5.74) is 6.47. The van der Waals surface area contributed by atoms with Gasteiger partial charge in [-0.15, -0.1) is 0 Å². The molecule has 1 amide bonds. The largest absolute Gasteiger partial charge is 0.465 e. The van der Waals surface area contributed by atoms with Gasteiger partial charge in [-0.05, 0) is 48.2 Å². The van der Waals surface area contributed by atoms with E-state index in [-0.39, 0.29) is 5.91 Å². The molecule has 0 bridgehead atoms. The minimum atomic E-state index is -0.292. The molecular formula is C25H24N2O2. The maximum absolute atomic E-state index is 12.8. The molecule has 0 aromatic heterocycles. The van der Waals surface area contributed by atoms with Crippen molar-refractivity contribution in [2.45, 2.75) is 26.9 Å². The summed E-state index contributed by atoms with van der Waals surface area (Å²) < 4.78 is 5.84. The number of amides is 1. The topological polar surface area (TPSA) is 41.9 Å². The zero-order valence-corrected chi connectivity index (χ0v) is 16.8. The Kier molecular flexibility index (Phi) is 5.43. The molecule has 1 heterocycles. The van der Waals surface area contributed by atoms with E-state index in [4.69, 9.17) is 4.74 Å². The monoisotopic (exact) mass is 384 g/mol. The molecule has 3 aromatic rings. The zero-order valence-electron chi connectivity index (χ0n) is 16.8. The zero-order chi connectivity index (χ0) is 20.2. The van der Waals surface area contributed by atoms with Gasteiger partial charge in [-0.25, -0.2) is 0 Å².